The van der Waals surface area contributed by atoms with Gasteiger partial charge in [0.1, 0.15) is 11.5 Å². The van der Waals surface area contributed by atoms with Gasteiger partial charge in [-0.2, -0.15) is 0 Å². The fourth-order valence-electron chi connectivity index (χ4n) is 6.06. The van der Waals surface area contributed by atoms with Crippen LogP contribution in [0.2, 0.25) is 0 Å². The molecule has 4 aliphatic rings. The lowest BCUT2D eigenvalue weighted by Crippen LogP contribution is -2.43. The lowest BCUT2D eigenvalue weighted by atomic mass is 9.80. The van der Waals surface area contributed by atoms with Gasteiger partial charge in [-0.1, -0.05) is 24.3 Å². The summed E-state index contributed by atoms with van der Waals surface area (Å²) in [4.78, 5) is 37.6. The van der Waals surface area contributed by atoms with Crippen LogP contribution in [0.25, 0.3) is 10.4 Å². The van der Waals surface area contributed by atoms with Gasteiger partial charge in [-0.3, -0.25) is 9.59 Å². The minimum Gasteiger partial charge on any atom is -0.381 e. The van der Waals surface area contributed by atoms with Crippen molar-refractivity contribution in [3.63, 3.8) is 0 Å². The van der Waals surface area contributed by atoms with Crippen LogP contribution in [-0.4, -0.2) is 68.9 Å². The molecule has 1 saturated carbocycles. The van der Waals surface area contributed by atoms with E-state index in [1.54, 1.807) is 0 Å². The van der Waals surface area contributed by atoms with Crippen molar-refractivity contribution in [1.82, 2.24) is 10.3 Å². The van der Waals surface area contributed by atoms with Crippen molar-refractivity contribution in [2.75, 3.05) is 55.9 Å². The van der Waals surface area contributed by atoms with Crippen LogP contribution in [0.4, 0.5) is 11.5 Å². The number of amides is 2. The molecule has 40 heavy (non-hydrogen) atoms. The van der Waals surface area contributed by atoms with Crippen molar-refractivity contribution in [2.24, 2.45) is 5.41 Å². The van der Waals surface area contributed by atoms with E-state index in [9.17, 15) is 9.59 Å². The van der Waals surface area contributed by atoms with Crippen LogP contribution in [0.3, 0.4) is 0 Å². The normalized spacial score (nSPS) is 20.3. The molecule has 2 saturated heterocycles. The number of carbonyl (C=O) groups excluding carboxylic acids is 2. The summed E-state index contributed by atoms with van der Waals surface area (Å²) < 4.78 is 11.6. The van der Waals surface area contributed by atoms with Gasteiger partial charge in [0, 0.05) is 54.7 Å². The Hall–Kier alpha value is -3.27. The number of ether oxygens (including phenoxy) is 2. The number of nitrogens with zero attached hydrogens (tertiary/aromatic N) is 3. The molecule has 9 heteroatoms. The first kappa shape index (κ1) is 25.7. The number of rotatable bonds is 4. The zero-order chi connectivity index (χ0) is 27.1. The first-order valence-corrected chi connectivity index (χ1v) is 15.1. The number of pyridine rings is 1. The fourth-order valence-corrected chi connectivity index (χ4v) is 7.20. The Bertz CT molecular complexity index is 1430. The Kier molecular flexibility index (Phi) is 6.81. The highest BCUT2D eigenvalue weighted by atomic mass is 32.1. The van der Waals surface area contributed by atoms with Crippen molar-refractivity contribution in [2.45, 2.75) is 38.1 Å². The number of para-hydroxylation sites is 1. The second kappa shape index (κ2) is 10.6. The molecule has 208 valence electrons. The monoisotopic (exact) mass is 558 g/mol. The SMILES string of the molecule is O=C(NC1CC1)c1cc2c(s1)-c1ccccc1N(C(=O)c1cccc(N3CCOCC4(CCOCC4)C3)n1)CC2. The van der Waals surface area contributed by atoms with E-state index < -0.39 is 0 Å². The molecule has 7 rings (SSSR count). The number of aromatic nitrogens is 1. The second-order valence-electron chi connectivity index (χ2n) is 11.4. The third kappa shape index (κ3) is 5.02. The number of anilines is 2. The molecule has 0 radical (unpaired) electrons. The number of benzene rings is 1. The minimum absolute atomic E-state index is 0.00782. The predicted molar refractivity (Wildman–Crippen MR) is 155 cm³/mol. The van der Waals surface area contributed by atoms with Gasteiger partial charge >= 0.3 is 0 Å². The van der Waals surface area contributed by atoms with Crippen molar-refractivity contribution >= 4 is 34.7 Å². The van der Waals surface area contributed by atoms with Gasteiger partial charge in [0.15, 0.2) is 0 Å². The van der Waals surface area contributed by atoms with E-state index in [0.29, 0.717) is 31.3 Å². The summed E-state index contributed by atoms with van der Waals surface area (Å²) in [5.41, 5.74) is 3.46. The number of hydrogen-bond acceptors (Lipinski definition) is 7. The maximum atomic E-state index is 14.0. The Morgan fingerprint density at radius 3 is 2.70 bits per heavy atom. The molecule has 2 amide bonds. The molecule has 3 aliphatic heterocycles. The largest absolute Gasteiger partial charge is 0.381 e. The topological polar surface area (TPSA) is 84.0 Å². The quantitative estimate of drug-likeness (QED) is 0.506. The van der Waals surface area contributed by atoms with Crippen LogP contribution in [0, 0.1) is 5.41 Å². The van der Waals surface area contributed by atoms with E-state index >= 15 is 0 Å². The molecule has 1 spiro atoms. The summed E-state index contributed by atoms with van der Waals surface area (Å²) in [6.07, 6.45) is 4.75. The van der Waals surface area contributed by atoms with Crippen LogP contribution in [0.1, 0.15) is 51.4 Å². The summed E-state index contributed by atoms with van der Waals surface area (Å²) in [6, 6.07) is 16.1. The second-order valence-corrected chi connectivity index (χ2v) is 12.5. The van der Waals surface area contributed by atoms with Crippen molar-refractivity contribution in [3.05, 3.63) is 64.7 Å². The van der Waals surface area contributed by atoms with Crippen LogP contribution in [0.15, 0.2) is 48.5 Å². The molecule has 1 aromatic carbocycles. The maximum absolute atomic E-state index is 14.0. The molecule has 0 bridgehead atoms. The third-order valence-electron chi connectivity index (χ3n) is 8.51. The Morgan fingerprint density at radius 1 is 1.00 bits per heavy atom. The number of carbonyl (C=O) groups is 2. The van der Waals surface area contributed by atoms with E-state index in [1.807, 2.05) is 53.4 Å². The molecule has 3 aromatic rings. The maximum Gasteiger partial charge on any atom is 0.276 e. The summed E-state index contributed by atoms with van der Waals surface area (Å²) in [5, 5.41) is 3.10. The van der Waals surface area contributed by atoms with Crippen molar-refractivity contribution < 1.29 is 19.1 Å². The van der Waals surface area contributed by atoms with Gasteiger partial charge < -0.3 is 24.6 Å². The number of hydrogen-bond donors (Lipinski definition) is 1. The highest BCUT2D eigenvalue weighted by Gasteiger charge is 2.37. The van der Waals surface area contributed by atoms with Crippen LogP contribution in [-0.2, 0) is 15.9 Å². The zero-order valence-corrected chi connectivity index (χ0v) is 23.4. The summed E-state index contributed by atoms with van der Waals surface area (Å²) in [6.45, 7) is 5.03. The molecule has 3 fully saturated rings. The fraction of sp³-hybridized carbons (Fsp3) is 0.452. The molecule has 5 heterocycles. The molecule has 8 nitrogen and oxygen atoms in total. The Morgan fingerprint density at radius 2 is 1.85 bits per heavy atom. The molecule has 2 aromatic heterocycles. The van der Waals surface area contributed by atoms with Crippen molar-refractivity contribution in [3.8, 4) is 10.4 Å². The average molecular weight is 559 g/mol. The van der Waals surface area contributed by atoms with E-state index in [2.05, 4.69) is 10.2 Å². The first-order valence-electron chi connectivity index (χ1n) is 14.3. The average Bonchev–Trinajstić information content (AvgIpc) is 3.76. The molecule has 1 N–H and O–H groups in total. The predicted octanol–water partition coefficient (Wildman–Crippen LogP) is 4.54. The smallest absolute Gasteiger partial charge is 0.276 e. The summed E-state index contributed by atoms with van der Waals surface area (Å²) in [5.74, 6) is 0.715. The molecular weight excluding hydrogens is 524 g/mol. The Balaban J connectivity index is 1.16. The number of nitrogens with one attached hydrogen (secondary N) is 1. The zero-order valence-electron chi connectivity index (χ0n) is 22.6. The standard InChI is InChI=1S/C31H34N4O4S/c36-29(32-22-8-9-22)26-18-21-10-13-35(25-6-2-1-4-23(25)28(21)40-26)30(37)24-5-3-7-27(33-24)34-14-17-39-20-31(19-34)11-15-38-16-12-31/h1-7,18,22H,8-17,19-20H2,(H,32,36). The Labute approximate surface area is 238 Å². The van der Waals surface area contributed by atoms with Gasteiger partial charge in [0.05, 0.1) is 23.8 Å². The molecule has 1 aliphatic carbocycles. The minimum atomic E-state index is -0.108. The van der Waals surface area contributed by atoms with E-state index in [-0.39, 0.29) is 17.2 Å². The summed E-state index contributed by atoms with van der Waals surface area (Å²) in [7, 11) is 0. The van der Waals surface area contributed by atoms with Crippen molar-refractivity contribution in [1.29, 1.82) is 0 Å². The molecule has 0 atom stereocenters. The lowest BCUT2D eigenvalue weighted by molar-refractivity contribution is -0.0240. The van der Waals surface area contributed by atoms with E-state index in [4.69, 9.17) is 14.5 Å². The van der Waals surface area contributed by atoms with Gasteiger partial charge in [0.25, 0.3) is 11.8 Å². The highest BCUT2D eigenvalue weighted by Crippen LogP contribution is 2.42. The lowest BCUT2D eigenvalue weighted by Gasteiger charge is -2.38. The van der Waals surface area contributed by atoms with Gasteiger partial charge in [-0.25, -0.2) is 4.98 Å². The third-order valence-corrected chi connectivity index (χ3v) is 9.72. The van der Waals surface area contributed by atoms with E-state index in [1.165, 1.54) is 11.3 Å². The first-order chi connectivity index (χ1) is 19.6. The summed E-state index contributed by atoms with van der Waals surface area (Å²) >= 11 is 1.52. The van der Waals surface area contributed by atoms with Crippen LogP contribution in [0.5, 0.6) is 0 Å². The van der Waals surface area contributed by atoms with Gasteiger partial charge in [-0.05, 0) is 61.9 Å². The van der Waals surface area contributed by atoms with Crippen LogP contribution >= 0.6 is 11.3 Å². The number of thiophene rings is 1. The number of fused-ring (bicyclic) bond motifs is 3. The molecular formula is C31H34N4O4S. The van der Waals surface area contributed by atoms with E-state index in [0.717, 1.165) is 91.0 Å². The van der Waals surface area contributed by atoms with Gasteiger partial charge in [-0.15, -0.1) is 11.3 Å². The highest BCUT2D eigenvalue weighted by molar-refractivity contribution is 7.17. The van der Waals surface area contributed by atoms with Crippen LogP contribution < -0.4 is 15.1 Å². The van der Waals surface area contributed by atoms with Gasteiger partial charge in [0.2, 0.25) is 0 Å². The molecule has 0 unspecified atom stereocenters.